The third-order valence-corrected chi connectivity index (χ3v) is 6.70. The van der Waals surface area contributed by atoms with Crippen LogP contribution < -0.4 is 14.7 Å². The van der Waals surface area contributed by atoms with E-state index in [9.17, 15) is 9.90 Å². The van der Waals surface area contributed by atoms with Crippen LogP contribution in [0, 0.1) is 0 Å². The van der Waals surface area contributed by atoms with Crippen molar-refractivity contribution < 1.29 is 19.5 Å². The van der Waals surface area contributed by atoms with E-state index in [1.54, 1.807) is 12.1 Å². The molecule has 2 aliphatic heterocycles. The molecule has 4 heteroatoms. The first-order chi connectivity index (χ1) is 15.6. The third-order valence-electron chi connectivity index (χ3n) is 6.70. The van der Waals surface area contributed by atoms with Crippen molar-refractivity contribution in [2.75, 3.05) is 6.54 Å². The van der Waals surface area contributed by atoms with Gasteiger partial charge in [-0.2, -0.15) is 0 Å². The fraction of sp³-hybridized carbons (Fsp3) is 0.250. The molecule has 162 valence electrons. The summed E-state index contributed by atoms with van der Waals surface area (Å²) < 4.78 is 6.03. The van der Waals surface area contributed by atoms with Crippen LogP contribution in [-0.4, -0.2) is 18.4 Å². The fourth-order valence-electron chi connectivity index (χ4n) is 4.75. The van der Waals surface area contributed by atoms with Gasteiger partial charge >= 0.3 is 0 Å². The number of Topliss-reactive ketones (excluding diaryl/α,β-unsaturated/α-hetero) is 1. The van der Waals surface area contributed by atoms with Gasteiger partial charge in [-0.1, -0.05) is 66.4 Å². The number of carbonyl (C=O) groups is 1. The molecule has 0 saturated carbocycles. The number of ether oxygens (including phenoxy) is 1. The maximum Gasteiger partial charge on any atom is 0.231 e. The number of likely N-dealkylation sites (tertiary alicyclic amines) is 1. The average Bonchev–Trinajstić information content (AvgIpc) is 3.13. The molecule has 0 radical (unpaired) electrons. The number of quaternary nitrogens is 1. The number of fused-ring (bicyclic) bond motifs is 1. The highest BCUT2D eigenvalue weighted by molar-refractivity contribution is 6.15. The molecule has 32 heavy (non-hydrogen) atoms. The number of allylic oxidation sites excluding steroid dienone is 1. The van der Waals surface area contributed by atoms with Gasteiger partial charge in [0, 0.05) is 5.56 Å². The molecule has 1 fully saturated rings. The quantitative estimate of drug-likeness (QED) is 0.643. The Bertz CT molecular complexity index is 1170. The lowest BCUT2D eigenvalue weighted by atomic mass is 10.0. The maximum absolute atomic E-state index is 13.0. The summed E-state index contributed by atoms with van der Waals surface area (Å²) in [6.07, 6.45) is 5.35. The van der Waals surface area contributed by atoms with Crippen LogP contribution >= 0.6 is 0 Å². The van der Waals surface area contributed by atoms with Crippen molar-refractivity contribution in [3.63, 3.8) is 0 Å². The first-order valence-electron chi connectivity index (χ1n) is 11.4. The number of nitrogens with one attached hydrogen (secondary N) is 1. The SMILES string of the molecule is CC1CCCC[NH+]1Cc1c([O-])ccc2c1O/C(=C\c1ccc(-c3ccccc3)cc1)C2=O. The average molecular weight is 426 g/mol. The van der Waals surface area contributed by atoms with Crippen molar-refractivity contribution in [1.29, 1.82) is 0 Å². The highest BCUT2D eigenvalue weighted by Gasteiger charge is 2.32. The largest absolute Gasteiger partial charge is 0.872 e. The van der Waals surface area contributed by atoms with Crippen molar-refractivity contribution in [3.8, 4) is 22.6 Å². The molecule has 4 nitrogen and oxygen atoms in total. The number of rotatable bonds is 4. The molecule has 5 rings (SSSR count). The minimum absolute atomic E-state index is 0.0460. The van der Waals surface area contributed by atoms with Crippen LogP contribution in [0.1, 0.15) is 47.7 Å². The number of piperidine rings is 1. The Labute approximate surface area is 188 Å². The number of hydrogen-bond acceptors (Lipinski definition) is 3. The molecule has 0 spiro atoms. The topological polar surface area (TPSA) is 53.8 Å². The Morgan fingerprint density at radius 1 is 1.00 bits per heavy atom. The Morgan fingerprint density at radius 2 is 1.75 bits per heavy atom. The van der Waals surface area contributed by atoms with Crippen molar-refractivity contribution in [2.45, 2.75) is 38.8 Å². The molecule has 2 aliphatic rings. The Hall–Kier alpha value is -3.37. The van der Waals surface area contributed by atoms with Gasteiger partial charge in [0.15, 0.2) is 5.76 Å². The number of benzene rings is 3. The molecule has 0 aliphatic carbocycles. The predicted molar refractivity (Wildman–Crippen MR) is 124 cm³/mol. The van der Waals surface area contributed by atoms with Gasteiger partial charge < -0.3 is 14.7 Å². The summed E-state index contributed by atoms with van der Waals surface area (Å²) >= 11 is 0. The molecule has 3 aromatic carbocycles. The normalized spacial score (nSPS) is 21.4. The lowest BCUT2D eigenvalue weighted by Gasteiger charge is -2.31. The molecule has 2 heterocycles. The van der Waals surface area contributed by atoms with E-state index in [1.807, 2.05) is 42.5 Å². The van der Waals surface area contributed by atoms with Crippen molar-refractivity contribution in [1.82, 2.24) is 0 Å². The van der Waals surface area contributed by atoms with E-state index in [-0.39, 0.29) is 17.3 Å². The van der Waals surface area contributed by atoms with E-state index in [0.717, 1.165) is 23.2 Å². The van der Waals surface area contributed by atoms with Gasteiger partial charge in [0.1, 0.15) is 12.3 Å². The first-order valence-corrected chi connectivity index (χ1v) is 11.4. The van der Waals surface area contributed by atoms with E-state index in [4.69, 9.17) is 4.74 Å². The number of ketones is 1. The monoisotopic (exact) mass is 425 g/mol. The van der Waals surface area contributed by atoms with E-state index in [1.165, 1.54) is 30.2 Å². The Kier molecular flexibility index (Phi) is 5.54. The van der Waals surface area contributed by atoms with Crippen molar-refractivity contribution in [3.05, 3.63) is 89.2 Å². The van der Waals surface area contributed by atoms with Crippen LogP contribution in [0.5, 0.6) is 11.5 Å². The molecule has 0 bridgehead atoms. The van der Waals surface area contributed by atoms with Crippen LogP contribution in [0.25, 0.3) is 17.2 Å². The highest BCUT2D eigenvalue weighted by atomic mass is 16.5. The zero-order valence-corrected chi connectivity index (χ0v) is 18.3. The second-order valence-electron chi connectivity index (χ2n) is 8.83. The molecular weight excluding hydrogens is 398 g/mol. The first kappa shape index (κ1) is 20.5. The second kappa shape index (κ2) is 8.64. The van der Waals surface area contributed by atoms with E-state index >= 15 is 0 Å². The minimum atomic E-state index is -0.157. The lowest BCUT2D eigenvalue weighted by molar-refractivity contribution is -0.942. The van der Waals surface area contributed by atoms with Crippen LogP contribution in [0.4, 0.5) is 0 Å². The second-order valence-corrected chi connectivity index (χ2v) is 8.83. The molecule has 1 saturated heterocycles. The Morgan fingerprint density at radius 3 is 2.50 bits per heavy atom. The van der Waals surface area contributed by atoms with Gasteiger partial charge in [0.25, 0.3) is 0 Å². The van der Waals surface area contributed by atoms with Gasteiger partial charge in [-0.25, -0.2) is 0 Å². The van der Waals surface area contributed by atoms with E-state index in [2.05, 4.69) is 19.1 Å². The van der Waals surface area contributed by atoms with Crippen molar-refractivity contribution >= 4 is 11.9 Å². The number of hydrogen-bond donors (Lipinski definition) is 1. The fourth-order valence-corrected chi connectivity index (χ4v) is 4.75. The molecule has 0 aromatic heterocycles. The third kappa shape index (κ3) is 3.94. The predicted octanol–water partition coefficient (Wildman–Crippen LogP) is 4.00. The van der Waals surface area contributed by atoms with Gasteiger partial charge in [-0.15, -0.1) is 0 Å². The molecule has 1 N–H and O–H groups in total. The molecule has 2 unspecified atom stereocenters. The Balaban J connectivity index is 1.41. The molecule has 2 atom stereocenters. The zero-order chi connectivity index (χ0) is 22.1. The van der Waals surface area contributed by atoms with Crippen molar-refractivity contribution in [2.24, 2.45) is 0 Å². The van der Waals surface area contributed by atoms with E-state index in [0.29, 0.717) is 29.5 Å². The number of carbonyl (C=O) groups excluding carboxylic acids is 1. The van der Waals surface area contributed by atoms with Gasteiger partial charge in [-0.05, 0) is 55.0 Å². The molecule has 3 aromatic rings. The molecular formula is C28H27NO3. The summed E-state index contributed by atoms with van der Waals surface area (Å²) in [5, 5.41) is 12.7. The summed E-state index contributed by atoms with van der Waals surface area (Å²) in [6, 6.07) is 21.8. The molecule has 0 amide bonds. The summed E-state index contributed by atoms with van der Waals surface area (Å²) in [5.74, 6) is 0.534. The van der Waals surface area contributed by atoms with Crippen LogP contribution in [0.3, 0.4) is 0 Å². The van der Waals surface area contributed by atoms with Crippen LogP contribution in [-0.2, 0) is 6.54 Å². The maximum atomic E-state index is 13.0. The van der Waals surface area contributed by atoms with Crippen LogP contribution in [0.2, 0.25) is 0 Å². The van der Waals surface area contributed by atoms with Gasteiger partial charge in [-0.3, -0.25) is 4.79 Å². The summed E-state index contributed by atoms with van der Waals surface area (Å²) in [4.78, 5) is 14.4. The smallest absolute Gasteiger partial charge is 0.231 e. The van der Waals surface area contributed by atoms with Gasteiger partial charge in [0.2, 0.25) is 5.78 Å². The summed E-state index contributed by atoms with van der Waals surface area (Å²) in [5.41, 5.74) is 4.28. The standard InChI is InChI=1S/C28H27NO3/c1-19-7-5-6-16-29(19)18-24-25(30)15-14-23-27(31)26(32-28(23)24)17-20-10-12-22(13-11-20)21-8-3-2-4-9-21/h2-4,8-15,17,19,30H,5-7,16,18H2,1H3/b26-17-. The zero-order valence-electron chi connectivity index (χ0n) is 18.3. The summed E-state index contributed by atoms with van der Waals surface area (Å²) in [7, 11) is 0. The highest BCUT2D eigenvalue weighted by Crippen LogP contribution is 2.38. The van der Waals surface area contributed by atoms with E-state index < -0.39 is 0 Å². The van der Waals surface area contributed by atoms with Crippen LogP contribution in [0.15, 0.2) is 72.5 Å². The minimum Gasteiger partial charge on any atom is -0.872 e. The summed E-state index contributed by atoms with van der Waals surface area (Å²) in [6.45, 7) is 3.89. The lowest BCUT2D eigenvalue weighted by Crippen LogP contribution is -3.14. The van der Waals surface area contributed by atoms with Gasteiger partial charge in [0.05, 0.1) is 18.2 Å².